The van der Waals surface area contributed by atoms with Crippen LogP contribution in [-0.2, 0) is 9.53 Å². The van der Waals surface area contributed by atoms with E-state index in [1.54, 1.807) is 62.5 Å². The monoisotopic (exact) mass is 409 g/mol. The maximum atomic E-state index is 13.2. The van der Waals surface area contributed by atoms with E-state index in [0.717, 1.165) is 0 Å². The number of hydrogen-bond donors (Lipinski definition) is 2. The van der Waals surface area contributed by atoms with E-state index >= 15 is 0 Å². The summed E-state index contributed by atoms with van der Waals surface area (Å²) in [4.78, 5) is 38.7. The Hall–Kier alpha value is -3.81. The summed E-state index contributed by atoms with van der Waals surface area (Å²) in [7, 11) is 4.42. The van der Waals surface area contributed by atoms with Crippen LogP contribution in [-0.4, -0.2) is 44.1 Å². The maximum Gasteiger partial charge on any atom is 0.337 e. The number of benzene rings is 2. The maximum absolute atomic E-state index is 13.2. The van der Waals surface area contributed by atoms with Gasteiger partial charge in [-0.15, -0.1) is 0 Å². The van der Waals surface area contributed by atoms with Crippen LogP contribution in [0.15, 0.2) is 59.8 Å². The van der Waals surface area contributed by atoms with Gasteiger partial charge in [-0.1, -0.05) is 24.3 Å². The van der Waals surface area contributed by atoms with Crippen LogP contribution < -0.4 is 15.4 Å². The lowest BCUT2D eigenvalue weighted by molar-refractivity contribution is -0.113. The highest BCUT2D eigenvalue weighted by atomic mass is 16.5. The second kappa shape index (κ2) is 8.69. The van der Waals surface area contributed by atoms with Gasteiger partial charge >= 0.3 is 12.0 Å². The highest BCUT2D eigenvalue weighted by Gasteiger charge is 2.34. The number of ether oxygens (including phenoxy) is 2. The minimum absolute atomic E-state index is 0.330. The number of para-hydroxylation sites is 2. The number of methoxy groups -OCH3 is 2. The molecule has 30 heavy (non-hydrogen) atoms. The van der Waals surface area contributed by atoms with Crippen LogP contribution in [0.3, 0.4) is 0 Å². The van der Waals surface area contributed by atoms with Crippen LogP contribution in [0, 0.1) is 0 Å². The predicted molar refractivity (Wildman–Crippen MR) is 111 cm³/mol. The van der Waals surface area contributed by atoms with E-state index in [-0.39, 0.29) is 11.9 Å². The Morgan fingerprint density at radius 1 is 1.07 bits per heavy atom. The average Bonchev–Trinajstić information content (AvgIpc) is 2.77. The van der Waals surface area contributed by atoms with Crippen LogP contribution in [0.1, 0.15) is 28.9 Å². The number of esters is 1. The van der Waals surface area contributed by atoms with Crippen molar-refractivity contribution >= 4 is 23.6 Å². The van der Waals surface area contributed by atoms with Crippen molar-refractivity contribution in [1.82, 2.24) is 10.2 Å². The fraction of sp³-hybridized carbons (Fsp3) is 0.227. The van der Waals surface area contributed by atoms with Crippen molar-refractivity contribution in [2.45, 2.75) is 13.0 Å². The lowest BCUT2D eigenvalue weighted by Gasteiger charge is -2.33. The lowest BCUT2D eigenvalue weighted by atomic mass is 9.93. The molecule has 1 aliphatic rings. The smallest absolute Gasteiger partial charge is 0.337 e. The molecule has 0 saturated heterocycles. The van der Waals surface area contributed by atoms with Crippen molar-refractivity contribution in [2.75, 3.05) is 26.6 Å². The van der Waals surface area contributed by atoms with Crippen molar-refractivity contribution in [2.24, 2.45) is 0 Å². The highest BCUT2D eigenvalue weighted by Crippen LogP contribution is 2.32. The number of urea groups is 1. The molecule has 2 aromatic rings. The third kappa shape index (κ3) is 3.98. The van der Waals surface area contributed by atoms with Gasteiger partial charge in [0.15, 0.2) is 0 Å². The molecule has 0 spiro atoms. The molecule has 0 aromatic heterocycles. The number of allylic oxidation sites excluding steroid dienone is 1. The first-order valence-electron chi connectivity index (χ1n) is 9.25. The van der Waals surface area contributed by atoms with Gasteiger partial charge in [-0.2, -0.15) is 0 Å². The summed E-state index contributed by atoms with van der Waals surface area (Å²) in [6, 6.07) is 12.6. The Kier molecular flexibility index (Phi) is 6.06. The fourth-order valence-corrected chi connectivity index (χ4v) is 3.25. The molecule has 2 aromatic carbocycles. The van der Waals surface area contributed by atoms with Crippen LogP contribution in [0.5, 0.6) is 5.75 Å². The van der Waals surface area contributed by atoms with Gasteiger partial charge in [0.1, 0.15) is 5.75 Å². The van der Waals surface area contributed by atoms with Crippen LogP contribution >= 0.6 is 0 Å². The van der Waals surface area contributed by atoms with Gasteiger partial charge in [-0.25, -0.2) is 9.59 Å². The topological polar surface area (TPSA) is 97.0 Å². The first-order chi connectivity index (χ1) is 14.4. The first kappa shape index (κ1) is 20.9. The summed E-state index contributed by atoms with van der Waals surface area (Å²) < 4.78 is 10.0. The quantitative estimate of drug-likeness (QED) is 0.740. The molecule has 0 saturated carbocycles. The van der Waals surface area contributed by atoms with E-state index < -0.39 is 12.0 Å². The van der Waals surface area contributed by atoms with E-state index in [0.29, 0.717) is 33.8 Å². The Labute approximate surface area is 174 Å². The van der Waals surface area contributed by atoms with Crippen LogP contribution in [0.4, 0.5) is 10.5 Å². The molecule has 0 unspecified atom stereocenters. The molecule has 0 radical (unpaired) electrons. The minimum atomic E-state index is -0.685. The number of carbonyl (C=O) groups excluding carboxylic acids is 3. The third-order valence-electron chi connectivity index (χ3n) is 5.02. The van der Waals surface area contributed by atoms with Crippen molar-refractivity contribution in [1.29, 1.82) is 0 Å². The zero-order valence-corrected chi connectivity index (χ0v) is 17.2. The summed E-state index contributed by atoms with van der Waals surface area (Å²) in [5.74, 6) is -0.308. The molecular formula is C22H23N3O5. The molecule has 1 atom stereocenters. The normalized spacial score (nSPS) is 16.1. The Bertz CT molecular complexity index is 1010. The summed E-state index contributed by atoms with van der Waals surface area (Å²) in [6.07, 6.45) is 0. The van der Waals surface area contributed by atoms with Gasteiger partial charge in [0.25, 0.3) is 5.91 Å². The van der Waals surface area contributed by atoms with Gasteiger partial charge in [0, 0.05) is 12.7 Å². The molecule has 0 fully saturated rings. The number of nitrogens with one attached hydrogen (secondary N) is 2. The summed E-state index contributed by atoms with van der Waals surface area (Å²) in [5, 5.41) is 5.70. The molecule has 1 aliphatic heterocycles. The fourth-order valence-electron chi connectivity index (χ4n) is 3.25. The summed E-state index contributed by atoms with van der Waals surface area (Å²) in [5.41, 5.74) is 2.46. The molecule has 3 amide bonds. The number of rotatable bonds is 5. The number of carbonyl (C=O) groups is 3. The van der Waals surface area contributed by atoms with Crippen molar-refractivity contribution in [3.05, 3.63) is 70.9 Å². The van der Waals surface area contributed by atoms with Crippen LogP contribution in [0.25, 0.3) is 0 Å². The third-order valence-corrected chi connectivity index (χ3v) is 5.02. The standard InChI is InChI=1S/C22H23N3O5/c1-13-18(20(26)23-16-7-5-6-8-17(16)29-3)19(24-22(28)25(13)2)14-9-11-15(12-10-14)21(27)30-4/h5-12,19H,1-4H3,(H,23,26)(H,24,28)/t19-/m0/s1. The first-order valence-corrected chi connectivity index (χ1v) is 9.25. The molecule has 0 aliphatic carbocycles. The van der Waals surface area contributed by atoms with Crippen molar-refractivity contribution < 1.29 is 23.9 Å². The average molecular weight is 409 g/mol. The van der Waals surface area contributed by atoms with Crippen LogP contribution in [0.2, 0.25) is 0 Å². The molecule has 0 bridgehead atoms. The van der Waals surface area contributed by atoms with Crippen molar-refractivity contribution in [3.63, 3.8) is 0 Å². The van der Waals surface area contributed by atoms with Gasteiger partial charge < -0.3 is 25.0 Å². The van der Waals surface area contributed by atoms with E-state index in [1.807, 2.05) is 0 Å². The second-order valence-electron chi connectivity index (χ2n) is 6.71. The number of amides is 3. The highest BCUT2D eigenvalue weighted by molar-refractivity contribution is 6.07. The van der Waals surface area contributed by atoms with Gasteiger partial charge in [0.2, 0.25) is 0 Å². The molecule has 2 N–H and O–H groups in total. The minimum Gasteiger partial charge on any atom is -0.495 e. The number of hydrogen-bond acceptors (Lipinski definition) is 5. The molecular weight excluding hydrogens is 386 g/mol. The van der Waals surface area contributed by atoms with Gasteiger partial charge in [-0.05, 0) is 36.8 Å². The molecule has 8 heteroatoms. The summed E-state index contributed by atoms with van der Waals surface area (Å²) in [6.45, 7) is 1.71. The number of nitrogens with zero attached hydrogens (tertiary/aromatic N) is 1. The number of anilines is 1. The lowest BCUT2D eigenvalue weighted by Crippen LogP contribution is -2.46. The molecule has 3 rings (SSSR count). The molecule has 8 nitrogen and oxygen atoms in total. The zero-order chi connectivity index (χ0) is 21.8. The van der Waals surface area contributed by atoms with E-state index in [1.165, 1.54) is 19.1 Å². The van der Waals surface area contributed by atoms with E-state index in [9.17, 15) is 14.4 Å². The van der Waals surface area contributed by atoms with Gasteiger partial charge in [-0.3, -0.25) is 4.79 Å². The Morgan fingerprint density at radius 2 is 1.73 bits per heavy atom. The summed E-state index contributed by atoms with van der Waals surface area (Å²) >= 11 is 0. The van der Waals surface area contributed by atoms with E-state index in [4.69, 9.17) is 9.47 Å². The largest absolute Gasteiger partial charge is 0.495 e. The molecule has 156 valence electrons. The predicted octanol–water partition coefficient (Wildman–Crippen LogP) is 3.09. The second-order valence-corrected chi connectivity index (χ2v) is 6.71. The van der Waals surface area contributed by atoms with E-state index in [2.05, 4.69) is 10.6 Å². The molecule has 1 heterocycles. The van der Waals surface area contributed by atoms with Crippen molar-refractivity contribution in [3.8, 4) is 5.75 Å². The Morgan fingerprint density at radius 3 is 2.37 bits per heavy atom. The van der Waals surface area contributed by atoms with Gasteiger partial charge in [0.05, 0.1) is 37.1 Å². The Balaban J connectivity index is 1.98. The zero-order valence-electron chi connectivity index (χ0n) is 17.2. The SMILES string of the molecule is COC(=O)c1ccc([C@@H]2NC(=O)N(C)C(C)=C2C(=O)Nc2ccccc2OC)cc1.